The van der Waals surface area contributed by atoms with Crippen LogP contribution in [0.1, 0.15) is 11.1 Å². The van der Waals surface area contributed by atoms with Crippen molar-refractivity contribution in [1.29, 1.82) is 0 Å². The summed E-state index contributed by atoms with van der Waals surface area (Å²) in [6.07, 6.45) is 0. The first kappa shape index (κ1) is 20.9. The molecule has 0 saturated carbocycles. The number of aryl methyl sites for hydroxylation is 2. The highest BCUT2D eigenvalue weighted by atomic mass is 14.2. The van der Waals surface area contributed by atoms with Crippen LogP contribution < -0.4 is 0 Å². The highest BCUT2D eigenvalue weighted by Gasteiger charge is 2.19. The summed E-state index contributed by atoms with van der Waals surface area (Å²) in [7, 11) is 0. The van der Waals surface area contributed by atoms with Crippen molar-refractivity contribution in [2.75, 3.05) is 0 Å². The van der Waals surface area contributed by atoms with Gasteiger partial charge in [0.1, 0.15) is 0 Å². The normalized spacial score (nSPS) is 11.6. The van der Waals surface area contributed by atoms with Gasteiger partial charge in [0, 0.05) is 0 Å². The Balaban J connectivity index is 1.78. The highest BCUT2D eigenvalue weighted by Crippen LogP contribution is 2.47. The molecule has 0 saturated heterocycles. The van der Waals surface area contributed by atoms with Crippen LogP contribution in [0.25, 0.3) is 65.3 Å². The van der Waals surface area contributed by atoms with E-state index in [1.807, 2.05) is 0 Å². The van der Waals surface area contributed by atoms with E-state index in [4.69, 9.17) is 0 Å². The lowest BCUT2D eigenvalue weighted by Crippen LogP contribution is -1.93. The number of hydrogen-bond acceptors (Lipinski definition) is 0. The van der Waals surface area contributed by atoms with E-state index < -0.39 is 0 Å². The van der Waals surface area contributed by atoms with Crippen LogP contribution in [0.5, 0.6) is 0 Å². The molecule has 0 heteroatoms. The molecular formula is C36H26. The van der Waals surface area contributed by atoms with Crippen LogP contribution >= 0.6 is 0 Å². The van der Waals surface area contributed by atoms with E-state index in [0.29, 0.717) is 0 Å². The predicted octanol–water partition coefficient (Wildman–Crippen LogP) is 10.3. The fourth-order valence-corrected chi connectivity index (χ4v) is 5.98. The first-order valence-corrected chi connectivity index (χ1v) is 12.6. The number of hydrogen-bond donors (Lipinski definition) is 0. The third-order valence-corrected chi connectivity index (χ3v) is 7.52. The van der Waals surface area contributed by atoms with Gasteiger partial charge >= 0.3 is 0 Å². The van der Waals surface area contributed by atoms with Gasteiger partial charge < -0.3 is 0 Å². The van der Waals surface area contributed by atoms with Crippen LogP contribution in [0.15, 0.2) is 121 Å². The van der Waals surface area contributed by atoms with Crippen LogP contribution in [0.4, 0.5) is 0 Å². The second-order valence-electron chi connectivity index (χ2n) is 9.90. The molecule has 0 radical (unpaired) electrons. The van der Waals surface area contributed by atoms with Gasteiger partial charge in [-0.1, -0.05) is 132 Å². The summed E-state index contributed by atoms with van der Waals surface area (Å²) >= 11 is 0. The quantitative estimate of drug-likeness (QED) is 0.178. The van der Waals surface area contributed by atoms with Crippen molar-refractivity contribution in [1.82, 2.24) is 0 Å². The molecule has 0 nitrogen and oxygen atoms in total. The Hall–Kier alpha value is -4.42. The fourth-order valence-electron chi connectivity index (χ4n) is 5.98. The Morgan fingerprint density at radius 3 is 1.61 bits per heavy atom. The van der Waals surface area contributed by atoms with Crippen LogP contribution in [0, 0.1) is 13.8 Å². The third-order valence-electron chi connectivity index (χ3n) is 7.52. The summed E-state index contributed by atoms with van der Waals surface area (Å²) in [5.41, 5.74) is 7.73. The molecule has 0 N–H and O–H groups in total. The highest BCUT2D eigenvalue weighted by molar-refractivity contribution is 6.30. The molecule has 7 aromatic carbocycles. The Morgan fingerprint density at radius 1 is 0.361 bits per heavy atom. The molecule has 36 heavy (non-hydrogen) atoms. The van der Waals surface area contributed by atoms with Crippen molar-refractivity contribution >= 4 is 43.1 Å². The number of benzene rings is 7. The fraction of sp³-hybridized carbons (Fsp3) is 0.0556. The van der Waals surface area contributed by atoms with E-state index >= 15 is 0 Å². The van der Waals surface area contributed by atoms with E-state index in [2.05, 4.69) is 135 Å². The Labute approximate surface area is 211 Å². The molecule has 0 atom stereocenters. The Morgan fingerprint density at radius 2 is 0.917 bits per heavy atom. The first-order chi connectivity index (χ1) is 17.7. The summed E-state index contributed by atoms with van der Waals surface area (Å²) in [6.45, 7) is 4.36. The Bertz CT molecular complexity index is 1960. The molecule has 7 aromatic rings. The first-order valence-electron chi connectivity index (χ1n) is 12.6. The standard InChI is InChI=1S/C36H26/c1-23-9-7-12-26(21-23)34-30-15-5-6-16-31(30)35(27-13-8-10-24(2)22-27)36-32-18-17-25-11-3-4-14-28(25)29(32)19-20-33(34)36/h3-22H,1-2H3. The lowest BCUT2D eigenvalue weighted by molar-refractivity contribution is 1.47. The number of fused-ring (bicyclic) bond motifs is 6. The van der Waals surface area contributed by atoms with Gasteiger partial charge in [0.25, 0.3) is 0 Å². The molecule has 0 fully saturated rings. The third kappa shape index (κ3) is 3.15. The monoisotopic (exact) mass is 458 g/mol. The van der Waals surface area contributed by atoms with Gasteiger partial charge in [0.15, 0.2) is 0 Å². The second-order valence-corrected chi connectivity index (χ2v) is 9.90. The van der Waals surface area contributed by atoms with Gasteiger partial charge in [0.05, 0.1) is 0 Å². The minimum Gasteiger partial charge on any atom is -0.0616 e. The molecule has 0 heterocycles. The minimum absolute atomic E-state index is 1.27. The zero-order valence-corrected chi connectivity index (χ0v) is 20.5. The summed E-state index contributed by atoms with van der Waals surface area (Å²) in [6, 6.07) is 44.8. The molecule has 0 aliphatic carbocycles. The van der Waals surface area contributed by atoms with E-state index in [-0.39, 0.29) is 0 Å². The summed E-state index contributed by atoms with van der Waals surface area (Å²) in [5.74, 6) is 0. The summed E-state index contributed by atoms with van der Waals surface area (Å²) < 4.78 is 0. The van der Waals surface area contributed by atoms with E-state index in [1.165, 1.54) is 76.5 Å². The molecular weight excluding hydrogens is 432 g/mol. The van der Waals surface area contributed by atoms with E-state index in [1.54, 1.807) is 0 Å². The summed E-state index contributed by atoms with van der Waals surface area (Å²) in [4.78, 5) is 0. The van der Waals surface area contributed by atoms with Gasteiger partial charge in [-0.3, -0.25) is 0 Å². The maximum Gasteiger partial charge on any atom is -0.00139 e. The molecule has 0 aliphatic heterocycles. The lowest BCUT2D eigenvalue weighted by atomic mass is 9.83. The molecule has 0 bridgehead atoms. The SMILES string of the molecule is Cc1cccc(-c2c3ccccc3c(-c3cccc(C)c3)c3c2ccc2c4ccccc4ccc23)c1. The van der Waals surface area contributed by atoms with Crippen LogP contribution in [0.2, 0.25) is 0 Å². The van der Waals surface area contributed by atoms with Crippen molar-refractivity contribution < 1.29 is 0 Å². The van der Waals surface area contributed by atoms with Crippen molar-refractivity contribution in [2.24, 2.45) is 0 Å². The minimum atomic E-state index is 1.27. The topological polar surface area (TPSA) is 0 Å². The Kier molecular flexibility index (Phi) is 4.69. The number of rotatable bonds is 2. The maximum absolute atomic E-state index is 2.35. The average molecular weight is 459 g/mol. The van der Waals surface area contributed by atoms with Gasteiger partial charge in [-0.05, 0) is 79.2 Å². The van der Waals surface area contributed by atoms with Crippen LogP contribution in [-0.2, 0) is 0 Å². The van der Waals surface area contributed by atoms with E-state index in [9.17, 15) is 0 Å². The van der Waals surface area contributed by atoms with Gasteiger partial charge in [0.2, 0.25) is 0 Å². The molecule has 0 spiro atoms. The molecule has 170 valence electrons. The maximum atomic E-state index is 2.35. The van der Waals surface area contributed by atoms with Crippen LogP contribution in [-0.4, -0.2) is 0 Å². The molecule has 0 aromatic heterocycles. The predicted molar refractivity (Wildman–Crippen MR) is 157 cm³/mol. The smallest absolute Gasteiger partial charge is 0.00139 e. The van der Waals surface area contributed by atoms with Crippen molar-refractivity contribution in [3.63, 3.8) is 0 Å². The van der Waals surface area contributed by atoms with E-state index in [0.717, 1.165) is 0 Å². The molecule has 0 amide bonds. The van der Waals surface area contributed by atoms with Crippen molar-refractivity contribution in [3.8, 4) is 22.3 Å². The van der Waals surface area contributed by atoms with Gasteiger partial charge in [-0.15, -0.1) is 0 Å². The summed E-state index contributed by atoms with van der Waals surface area (Å²) in [5, 5.41) is 10.4. The molecule has 7 rings (SSSR count). The largest absolute Gasteiger partial charge is 0.0616 e. The molecule has 0 unspecified atom stereocenters. The van der Waals surface area contributed by atoms with Crippen molar-refractivity contribution in [2.45, 2.75) is 13.8 Å². The second kappa shape index (κ2) is 8.07. The lowest BCUT2D eigenvalue weighted by Gasteiger charge is -2.20. The molecule has 0 aliphatic rings. The zero-order chi connectivity index (χ0) is 24.2. The zero-order valence-electron chi connectivity index (χ0n) is 20.5. The van der Waals surface area contributed by atoms with Crippen molar-refractivity contribution in [3.05, 3.63) is 132 Å². The average Bonchev–Trinajstić information content (AvgIpc) is 2.91. The van der Waals surface area contributed by atoms with Gasteiger partial charge in [-0.2, -0.15) is 0 Å². The van der Waals surface area contributed by atoms with Crippen LogP contribution in [0.3, 0.4) is 0 Å². The van der Waals surface area contributed by atoms with Gasteiger partial charge in [-0.25, -0.2) is 0 Å².